The van der Waals surface area contributed by atoms with E-state index >= 15 is 0 Å². The number of aryl methyl sites for hydroxylation is 1. The number of hydrogen-bond acceptors (Lipinski definition) is 6. The molecule has 0 spiro atoms. The van der Waals surface area contributed by atoms with Crippen LogP contribution in [0.2, 0.25) is 5.02 Å². The maximum Gasteiger partial charge on any atom is 0.271 e. The number of anilines is 1. The van der Waals surface area contributed by atoms with Crippen molar-refractivity contribution in [2.45, 2.75) is 39.3 Å². The Morgan fingerprint density at radius 1 is 1.05 bits per heavy atom. The minimum absolute atomic E-state index is 0.00258. The highest BCUT2D eigenvalue weighted by molar-refractivity contribution is 7.92. The molecule has 1 atom stereocenters. The third-order valence-corrected chi connectivity index (χ3v) is 7.97. The van der Waals surface area contributed by atoms with E-state index in [2.05, 4.69) is 5.32 Å². The lowest BCUT2D eigenvalue weighted by atomic mass is 10.0. The molecule has 2 amide bonds. The summed E-state index contributed by atoms with van der Waals surface area (Å²) in [6, 6.07) is 18.9. The highest BCUT2D eigenvalue weighted by Crippen LogP contribution is 2.28. The van der Waals surface area contributed by atoms with Crippen LogP contribution in [0.5, 0.6) is 0 Å². The molecule has 3 aromatic rings. The van der Waals surface area contributed by atoms with E-state index in [4.69, 9.17) is 11.6 Å². The first-order valence-electron chi connectivity index (χ1n) is 13.0. The molecular weight excluding hydrogens is 568 g/mol. The first-order valence-corrected chi connectivity index (χ1v) is 15.2. The maximum atomic E-state index is 14.1. The predicted molar refractivity (Wildman–Crippen MR) is 159 cm³/mol. The van der Waals surface area contributed by atoms with Gasteiger partial charge in [0.05, 0.1) is 16.9 Å². The highest BCUT2D eigenvalue weighted by Gasteiger charge is 2.34. The Kier molecular flexibility index (Phi) is 10.8. The van der Waals surface area contributed by atoms with E-state index in [1.807, 2.05) is 37.3 Å². The SMILES string of the molecule is CCCNC(=O)[C@H](Cc1ccccc1)N(Cc1ccccc1Cl)C(=O)CN(c1cc([N+](=O)[O-])ccc1C)S(C)(=O)=O. The summed E-state index contributed by atoms with van der Waals surface area (Å²) in [4.78, 5) is 39.7. The highest BCUT2D eigenvalue weighted by atomic mass is 35.5. The largest absolute Gasteiger partial charge is 0.354 e. The van der Waals surface area contributed by atoms with E-state index in [1.54, 1.807) is 31.2 Å². The van der Waals surface area contributed by atoms with Crippen molar-refractivity contribution in [3.05, 3.63) is 105 Å². The number of benzene rings is 3. The van der Waals surface area contributed by atoms with Crippen LogP contribution in [-0.2, 0) is 32.6 Å². The molecule has 0 heterocycles. The second-order valence-corrected chi connectivity index (χ2v) is 11.9. The first kappa shape index (κ1) is 31.6. The molecule has 3 aromatic carbocycles. The van der Waals surface area contributed by atoms with Crippen LogP contribution in [0.3, 0.4) is 0 Å². The minimum Gasteiger partial charge on any atom is -0.354 e. The standard InChI is InChI=1S/C29H33ClN4O6S/c1-4-16-31-29(36)27(17-22-10-6-5-7-11-22)32(19-23-12-8-9-13-25(23)30)28(35)20-33(41(3,39)40)26-18-24(34(37)38)15-14-21(26)2/h5-15,18,27H,4,16-17,19-20H2,1-3H3,(H,31,36)/t27-/m0/s1. The fourth-order valence-electron chi connectivity index (χ4n) is 4.30. The van der Waals surface area contributed by atoms with Gasteiger partial charge in [-0.3, -0.25) is 24.0 Å². The van der Waals surface area contributed by atoms with Gasteiger partial charge in [-0.05, 0) is 36.1 Å². The number of halogens is 1. The molecule has 41 heavy (non-hydrogen) atoms. The van der Waals surface area contributed by atoms with Gasteiger partial charge < -0.3 is 10.2 Å². The molecule has 218 valence electrons. The molecule has 0 saturated heterocycles. The van der Waals surface area contributed by atoms with Crippen molar-refractivity contribution in [1.82, 2.24) is 10.2 Å². The van der Waals surface area contributed by atoms with E-state index in [1.165, 1.54) is 17.0 Å². The smallest absolute Gasteiger partial charge is 0.271 e. The summed E-state index contributed by atoms with van der Waals surface area (Å²) < 4.78 is 26.7. The van der Waals surface area contributed by atoms with Crippen LogP contribution in [0.1, 0.15) is 30.0 Å². The fourth-order valence-corrected chi connectivity index (χ4v) is 5.40. The monoisotopic (exact) mass is 600 g/mol. The van der Waals surface area contributed by atoms with Crippen molar-refractivity contribution in [3.8, 4) is 0 Å². The molecule has 0 aliphatic heterocycles. The molecule has 0 saturated carbocycles. The molecule has 0 radical (unpaired) electrons. The Morgan fingerprint density at radius 2 is 1.71 bits per heavy atom. The average Bonchev–Trinajstić information content (AvgIpc) is 2.93. The van der Waals surface area contributed by atoms with Crippen LogP contribution in [0.4, 0.5) is 11.4 Å². The van der Waals surface area contributed by atoms with E-state index in [0.717, 1.165) is 22.2 Å². The van der Waals surface area contributed by atoms with Gasteiger partial charge in [0.25, 0.3) is 5.69 Å². The van der Waals surface area contributed by atoms with Crippen LogP contribution in [0.15, 0.2) is 72.8 Å². The maximum absolute atomic E-state index is 14.1. The predicted octanol–water partition coefficient (Wildman–Crippen LogP) is 4.49. The zero-order valence-electron chi connectivity index (χ0n) is 23.1. The summed E-state index contributed by atoms with van der Waals surface area (Å²) in [5.41, 5.74) is 1.48. The number of carbonyl (C=O) groups excluding carboxylic acids is 2. The van der Waals surface area contributed by atoms with Crippen LogP contribution < -0.4 is 9.62 Å². The Hall–Kier alpha value is -3.96. The Balaban J connectivity index is 2.10. The summed E-state index contributed by atoms with van der Waals surface area (Å²) in [6.45, 7) is 3.14. The second-order valence-electron chi connectivity index (χ2n) is 9.61. The van der Waals surface area contributed by atoms with E-state index in [9.17, 15) is 28.1 Å². The number of carbonyl (C=O) groups is 2. The van der Waals surface area contributed by atoms with Gasteiger partial charge in [0.2, 0.25) is 21.8 Å². The molecule has 10 nitrogen and oxygen atoms in total. The van der Waals surface area contributed by atoms with Gasteiger partial charge in [0.15, 0.2) is 0 Å². The lowest BCUT2D eigenvalue weighted by Gasteiger charge is -2.34. The van der Waals surface area contributed by atoms with Gasteiger partial charge >= 0.3 is 0 Å². The molecule has 1 N–H and O–H groups in total. The fraction of sp³-hybridized carbons (Fsp3) is 0.310. The number of non-ortho nitro benzene ring substituents is 1. The van der Waals surface area contributed by atoms with Crippen molar-refractivity contribution >= 4 is 44.8 Å². The van der Waals surface area contributed by atoms with Crippen molar-refractivity contribution in [3.63, 3.8) is 0 Å². The molecule has 0 bridgehead atoms. The van der Waals surface area contributed by atoms with Crippen LogP contribution in [0.25, 0.3) is 0 Å². The third kappa shape index (κ3) is 8.51. The zero-order chi connectivity index (χ0) is 30.2. The first-order chi connectivity index (χ1) is 19.4. The van der Waals surface area contributed by atoms with Gasteiger partial charge in [-0.25, -0.2) is 8.42 Å². The number of rotatable bonds is 13. The Labute approximate surface area is 245 Å². The summed E-state index contributed by atoms with van der Waals surface area (Å²) in [5, 5.41) is 14.7. The number of nitro benzene ring substituents is 1. The van der Waals surface area contributed by atoms with E-state index in [-0.39, 0.29) is 24.3 Å². The quantitative estimate of drug-likeness (QED) is 0.227. The lowest BCUT2D eigenvalue weighted by molar-refractivity contribution is -0.384. The van der Waals surface area contributed by atoms with Crippen LogP contribution in [-0.4, -0.2) is 55.4 Å². The van der Waals surface area contributed by atoms with Crippen molar-refractivity contribution in [1.29, 1.82) is 0 Å². The molecular formula is C29H33ClN4O6S. The number of sulfonamides is 1. The number of hydrogen-bond donors (Lipinski definition) is 1. The molecule has 0 aliphatic carbocycles. The number of nitrogens with one attached hydrogen (secondary N) is 1. The Bertz CT molecular complexity index is 1500. The summed E-state index contributed by atoms with van der Waals surface area (Å²) in [5.74, 6) is -1.07. The third-order valence-electron chi connectivity index (χ3n) is 6.47. The van der Waals surface area contributed by atoms with Gasteiger partial charge in [-0.1, -0.05) is 73.1 Å². The minimum atomic E-state index is -4.07. The van der Waals surface area contributed by atoms with Crippen LogP contribution >= 0.6 is 11.6 Å². The van der Waals surface area contributed by atoms with Crippen molar-refractivity contribution in [2.24, 2.45) is 0 Å². The summed E-state index contributed by atoms with van der Waals surface area (Å²) >= 11 is 6.43. The average molecular weight is 601 g/mol. The molecule has 12 heteroatoms. The van der Waals surface area contributed by atoms with E-state index in [0.29, 0.717) is 29.1 Å². The number of nitro groups is 1. The van der Waals surface area contributed by atoms with Gasteiger partial charge in [0, 0.05) is 36.7 Å². The summed E-state index contributed by atoms with van der Waals surface area (Å²) in [7, 11) is -4.07. The zero-order valence-corrected chi connectivity index (χ0v) is 24.7. The summed E-state index contributed by atoms with van der Waals surface area (Å²) in [6.07, 6.45) is 1.77. The van der Waals surface area contributed by atoms with Gasteiger partial charge in [-0.2, -0.15) is 0 Å². The second kappa shape index (κ2) is 14.1. The normalized spacial score (nSPS) is 11.9. The number of nitrogens with zero attached hydrogens (tertiary/aromatic N) is 3. The van der Waals surface area contributed by atoms with E-state index < -0.39 is 39.3 Å². The van der Waals surface area contributed by atoms with Gasteiger partial charge in [0.1, 0.15) is 12.6 Å². The van der Waals surface area contributed by atoms with Gasteiger partial charge in [-0.15, -0.1) is 0 Å². The van der Waals surface area contributed by atoms with Crippen molar-refractivity contribution in [2.75, 3.05) is 23.7 Å². The topological polar surface area (TPSA) is 130 Å². The molecule has 0 aromatic heterocycles. The molecule has 0 aliphatic rings. The molecule has 3 rings (SSSR count). The molecule has 0 unspecified atom stereocenters. The lowest BCUT2D eigenvalue weighted by Crippen LogP contribution is -2.53. The van der Waals surface area contributed by atoms with Crippen molar-refractivity contribution < 1.29 is 22.9 Å². The Morgan fingerprint density at radius 3 is 2.32 bits per heavy atom. The van der Waals surface area contributed by atoms with Crippen LogP contribution in [0, 0.1) is 17.0 Å². The molecule has 0 fully saturated rings. The number of amides is 2.